The molecule has 0 spiro atoms. The Morgan fingerprint density at radius 1 is 1.25 bits per heavy atom. The Bertz CT molecular complexity index is 305. The zero-order valence-corrected chi connectivity index (χ0v) is 13.3. The van der Waals surface area contributed by atoms with E-state index in [1.54, 1.807) is 0 Å². The molecule has 2 bridgehead atoms. The van der Waals surface area contributed by atoms with Gasteiger partial charge in [-0.3, -0.25) is 9.69 Å². The monoisotopic (exact) mass is 281 g/mol. The van der Waals surface area contributed by atoms with Crippen molar-refractivity contribution in [1.29, 1.82) is 0 Å². The standard InChI is InChI=1S/C16H31N3O/c1-4-17-13-10-14-6-5-7-15(11-13)19(14)9-8-16(20)18-12(2)3/h12-15,17H,4-11H2,1-3H3,(H,18,20). The smallest absolute Gasteiger partial charge is 0.221 e. The van der Waals surface area contributed by atoms with Crippen LogP contribution in [0.15, 0.2) is 0 Å². The third-order valence-corrected chi connectivity index (χ3v) is 4.67. The molecule has 0 aromatic heterocycles. The Labute approximate surface area is 123 Å². The Morgan fingerprint density at radius 2 is 1.90 bits per heavy atom. The van der Waals surface area contributed by atoms with Crippen molar-refractivity contribution in [2.24, 2.45) is 0 Å². The first-order valence-corrected chi connectivity index (χ1v) is 8.38. The van der Waals surface area contributed by atoms with Crippen LogP contribution in [0.5, 0.6) is 0 Å². The first kappa shape index (κ1) is 15.8. The highest BCUT2D eigenvalue weighted by molar-refractivity contribution is 5.76. The maximum atomic E-state index is 11.8. The fourth-order valence-corrected chi connectivity index (χ4v) is 3.92. The van der Waals surface area contributed by atoms with Gasteiger partial charge in [0, 0.05) is 37.1 Å². The number of carbonyl (C=O) groups excluding carboxylic acids is 1. The van der Waals surface area contributed by atoms with Crippen molar-refractivity contribution in [3.63, 3.8) is 0 Å². The largest absolute Gasteiger partial charge is 0.354 e. The van der Waals surface area contributed by atoms with E-state index in [2.05, 4.69) is 22.5 Å². The van der Waals surface area contributed by atoms with Crippen LogP contribution in [0, 0.1) is 0 Å². The fourth-order valence-electron chi connectivity index (χ4n) is 3.92. The van der Waals surface area contributed by atoms with E-state index >= 15 is 0 Å². The zero-order valence-electron chi connectivity index (χ0n) is 13.3. The number of nitrogens with one attached hydrogen (secondary N) is 2. The van der Waals surface area contributed by atoms with Crippen LogP contribution in [0.3, 0.4) is 0 Å². The number of nitrogens with zero attached hydrogens (tertiary/aromatic N) is 1. The Kier molecular flexibility index (Phi) is 5.85. The fraction of sp³-hybridized carbons (Fsp3) is 0.938. The Morgan fingerprint density at radius 3 is 2.45 bits per heavy atom. The summed E-state index contributed by atoms with van der Waals surface area (Å²) in [4.78, 5) is 14.5. The molecule has 2 atom stereocenters. The highest BCUT2D eigenvalue weighted by Gasteiger charge is 2.37. The molecule has 0 aliphatic carbocycles. The number of amides is 1. The molecular weight excluding hydrogens is 250 g/mol. The Balaban J connectivity index is 1.84. The van der Waals surface area contributed by atoms with Crippen molar-refractivity contribution in [2.45, 2.75) is 83.5 Å². The summed E-state index contributed by atoms with van der Waals surface area (Å²) in [6.07, 6.45) is 7.15. The van der Waals surface area contributed by atoms with Crippen LogP contribution >= 0.6 is 0 Å². The highest BCUT2D eigenvalue weighted by Crippen LogP contribution is 2.34. The molecule has 0 radical (unpaired) electrons. The molecule has 2 rings (SSSR count). The van der Waals surface area contributed by atoms with Crippen molar-refractivity contribution in [3.05, 3.63) is 0 Å². The SMILES string of the molecule is CCNC1CC2CCCC(C1)N2CCC(=O)NC(C)C. The predicted molar refractivity (Wildman–Crippen MR) is 82.7 cm³/mol. The molecule has 4 heteroatoms. The van der Waals surface area contributed by atoms with Crippen LogP contribution in [0.25, 0.3) is 0 Å². The van der Waals surface area contributed by atoms with E-state index in [1.807, 2.05) is 13.8 Å². The minimum absolute atomic E-state index is 0.201. The number of piperidine rings is 2. The topological polar surface area (TPSA) is 44.4 Å². The second-order valence-electron chi connectivity index (χ2n) is 6.67. The molecule has 0 saturated carbocycles. The zero-order chi connectivity index (χ0) is 14.5. The quantitative estimate of drug-likeness (QED) is 0.781. The minimum atomic E-state index is 0.201. The lowest BCUT2D eigenvalue weighted by atomic mass is 9.81. The molecule has 0 aromatic rings. The van der Waals surface area contributed by atoms with E-state index in [4.69, 9.17) is 0 Å². The number of rotatable bonds is 6. The summed E-state index contributed by atoms with van der Waals surface area (Å²) in [6.45, 7) is 8.25. The minimum Gasteiger partial charge on any atom is -0.354 e. The van der Waals surface area contributed by atoms with Crippen LogP contribution < -0.4 is 10.6 Å². The molecule has 2 fully saturated rings. The van der Waals surface area contributed by atoms with Gasteiger partial charge < -0.3 is 10.6 Å². The van der Waals surface area contributed by atoms with Crippen molar-refractivity contribution < 1.29 is 4.79 Å². The van der Waals surface area contributed by atoms with E-state index in [0.29, 0.717) is 24.5 Å². The average molecular weight is 281 g/mol. The summed E-state index contributed by atoms with van der Waals surface area (Å²) in [5.74, 6) is 0.201. The van der Waals surface area contributed by atoms with E-state index < -0.39 is 0 Å². The lowest BCUT2D eigenvalue weighted by Gasteiger charge is -2.49. The maximum absolute atomic E-state index is 11.8. The third-order valence-electron chi connectivity index (χ3n) is 4.67. The van der Waals surface area contributed by atoms with Crippen molar-refractivity contribution in [2.75, 3.05) is 13.1 Å². The average Bonchev–Trinajstić information content (AvgIpc) is 2.35. The Hall–Kier alpha value is -0.610. The molecule has 4 nitrogen and oxygen atoms in total. The number of hydrogen-bond donors (Lipinski definition) is 2. The van der Waals surface area contributed by atoms with Gasteiger partial charge in [0.15, 0.2) is 0 Å². The van der Waals surface area contributed by atoms with Crippen LogP contribution in [0.4, 0.5) is 0 Å². The van der Waals surface area contributed by atoms with Crippen molar-refractivity contribution >= 4 is 5.91 Å². The van der Waals surface area contributed by atoms with Gasteiger partial charge in [-0.1, -0.05) is 13.3 Å². The van der Waals surface area contributed by atoms with Crippen LogP contribution in [-0.4, -0.2) is 48.1 Å². The molecule has 2 N–H and O–H groups in total. The summed E-state index contributed by atoms with van der Waals surface area (Å²) in [5.41, 5.74) is 0. The maximum Gasteiger partial charge on any atom is 0.221 e. The van der Waals surface area contributed by atoms with E-state index in [-0.39, 0.29) is 11.9 Å². The first-order chi connectivity index (χ1) is 9.60. The van der Waals surface area contributed by atoms with Crippen LogP contribution in [0.1, 0.15) is 59.3 Å². The third kappa shape index (κ3) is 4.19. The molecule has 116 valence electrons. The van der Waals surface area contributed by atoms with E-state index in [1.165, 1.54) is 32.1 Å². The molecule has 2 aliphatic rings. The molecule has 20 heavy (non-hydrogen) atoms. The van der Waals surface area contributed by atoms with E-state index in [9.17, 15) is 4.79 Å². The molecule has 2 saturated heterocycles. The molecule has 2 unspecified atom stereocenters. The van der Waals surface area contributed by atoms with Gasteiger partial charge in [0.2, 0.25) is 5.91 Å². The predicted octanol–water partition coefficient (Wildman–Crippen LogP) is 1.90. The highest BCUT2D eigenvalue weighted by atomic mass is 16.1. The summed E-state index contributed by atoms with van der Waals surface area (Å²) in [5, 5.41) is 6.62. The lowest BCUT2D eigenvalue weighted by molar-refractivity contribution is -0.122. The van der Waals surface area contributed by atoms with Gasteiger partial charge in [0.1, 0.15) is 0 Å². The summed E-state index contributed by atoms with van der Waals surface area (Å²) in [6, 6.07) is 2.33. The van der Waals surface area contributed by atoms with Crippen molar-refractivity contribution in [1.82, 2.24) is 15.5 Å². The normalized spacial score (nSPS) is 30.5. The second kappa shape index (κ2) is 7.41. The van der Waals surface area contributed by atoms with Gasteiger partial charge in [-0.25, -0.2) is 0 Å². The van der Waals surface area contributed by atoms with Crippen molar-refractivity contribution in [3.8, 4) is 0 Å². The van der Waals surface area contributed by atoms with Crippen LogP contribution in [0.2, 0.25) is 0 Å². The molecule has 2 heterocycles. The number of carbonyl (C=O) groups is 1. The van der Waals surface area contributed by atoms with Gasteiger partial charge in [-0.2, -0.15) is 0 Å². The summed E-state index contributed by atoms with van der Waals surface area (Å²) < 4.78 is 0. The van der Waals surface area contributed by atoms with Gasteiger partial charge in [0.25, 0.3) is 0 Å². The van der Waals surface area contributed by atoms with Gasteiger partial charge in [0.05, 0.1) is 0 Å². The van der Waals surface area contributed by atoms with Gasteiger partial charge >= 0.3 is 0 Å². The second-order valence-corrected chi connectivity index (χ2v) is 6.67. The van der Waals surface area contributed by atoms with Gasteiger partial charge in [-0.05, 0) is 46.1 Å². The molecule has 0 aromatic carbocycles. The van der Waals surface area contributed by atoms with E-state index in [0.717, 1.165) is 13.1 Å². The number of fused-ring (bicyclic) bond motifs is 2. The first-order valence-electron chi connectivity index (χ1n) is 8.38. The van der Waals surface area contributed by atoms with Crippen LogP contribution in [-0.2, 0) is 4.79 Å². The molecular formula is C16H31N3O. The van der Waals surface area contributed by atoms with Gasteiger partial charge in [-0.15, -0.1) is 0 Å². The summed E-state index contributed by atoms with van der Waals surface area (Å²) in [7, 11) is 0. The molecule has 1 amide bonds. The lowest BCUT2D eigenvalue weighted by Crippen LogP contribution is -2.56. The number of hydrogen-bond acceptors (Lipinski definition) is 3. The molecule has 2 aliphatic heterocycles. The summed E-state index contributed by atoms with van der Waals surface area (Å²) >= 11 is 0.